The summed E-state index contributed by atoms with van der Waals surface area (Å²) in [6.07, 6.45) is -0.592. The first kappa shape index (κ1) is 14.9. The van der Waals surface area contributed by atoms with E-state index in [1.165, 1.54) is 17.8 Å². The first-order valence-corrected chi connectivity index (χ1v) is 7.35. The van der Waals surface area contributed by atoms with Crippen molar-refractivity contribution in [3.05, 3.63) is 16.1 Å². The predicted molar refractivity (Wildman–Crippen MR) is 81.2 cm³/mol. The topological polar surface area (TPSA) is 106 Å². The number of rotatable bonds is 2. The zero-order valence-electron chi connectivity index (χ0n) is 11.1. The van der Waals surface area contributed by atoms with Crippen molar-refractivity contribution in [3.63, 3.8) is 0 Å². The van der Waals surface area contributed by atoms with Crippen LogP contribution in [0.4, 0.5) is 10.2 Å². The van der Waals surface area contributed by atoms with Crippen LogP contribution in [-0.2, 0) is 4.74 Å². The number of aromatic nitrogens is 3. The molecule has 3 rings (SSSR count). The van der Waals surface area contributed by atoms with Crippen LogP contribution in [0.2, 0.25) is 0 Å². The summed E-state index contributed by atoms with van der Waals surface area (Å²) in [6, 6.07) is 0. The average molecular weight is 408 g/mol. The van der Waals surface area contributed by atoms with E-state index in [1.54, 1.807) is 6.20 Å². The summed E-state index contributed by atoms with van der Waals surface area (Å²) in [5.74, 6) is 0.293. The van der Waals surface area contributed by atoms with Crippen molar-refractivity contribution in [2.45, 2.75) is 31.0 Å². The van der Waals surface area contributed by atoms with Crippen molar-refractivity contribution in [1.29, 1.82) is 0 Å². The molecule has 0 aromatic carbocycles. The van der Waals surface area contributed by atoms with Gasteiger partial charge in [-0.25, -0.2) is 14.4 Å². The molecule has 114 valence electrons. The van der Waals surface area contributed by atoms with E-state index in [9.17, 15) is 14.6 Å². The average Bonchev–Trinajstić information content (AvgIpc) is 2.87. The monoisotopic (exact) mass is 408 g/mol. The van der Waals surface area contributed by atoms with Gasteiger partial charge in [0.05, 0.1) is 12.0 Å². The molecule has 1 aliphatic heterocycles. The normalized spacial score (nSPS) is 32.9. The minimum atomic E-state index is -2.07. The van der Waals surface area contributed by atoms with Crippen LogP contribution in [0, 0.1) is 3.57 Å². The molecule has 21 heavy (non-hydrogen) atoms. The van der Waals surface area contributed by atoms with E-state index in [0.717, 1.165) is 3.57 Å². The number of aliphatic hydroxyl groups is 2. The molecular formula is C12H14FIN4O3. The number of aliphatic hydroxyl groups excluding tert-OH is 2. The SMILES string of the molecule is C[C@@]1(F)C(O)C(CO)O[C@H]1n1cc(I)c2c(N)ncnc21. The number of halogens is 2. The maximum absolute atomic E-state index is 14.8. The van der Waals surface area contributed by atoms with Crippen molar-refractivity contribution in [3.8, 4) is 0 Å². The van der Waals surface area contributed by atoms with Crippen LogP contribution in [0.15, 0.2) is 12.5 Å². The quantitative estimate of drug-likeness (QED) is 0.629. The summed E-state index contributed by atoms with van der Waals surface area (Å²) in [6.45, 7) is 0.770. The third-order valence-corrected chi connectivity index (χ3v) is 4.56. The Morgan fingerprint density at radius 3 is 2.90 bits per heavy atom. The number of ether oxygens (including phenoxy) is 1. The summed E-state index contributed by atoms with van der Waals surface area (Å²) >= 11 is 2.05. The number of anilines is 1. The molecule has 0 bridgehead atoms. The van der Waals surface area contributed by atoms with Gasteiger partial charge in [-0.3, -0.25) is 0 Å². The fraction of sp³-hybridized carbons (Fsp3) is 0.500. The maximum atomic E-state index is 14.8. The van der Waals surface area contributed by atoms with E-state index < -0.39 is 30.7 Å². The zero-order valence-corrected chi connectivity index (χ0v) is 13.2. The van der Waals surface area contributed by atoms with Crippen LogP contribution < -0.4 is 5.73 Å². The summed E-state index contributed by atoms with van der Waals surface area (Å²) in [7, 11) is 0. The molecule has 0 amide bonds. The van der Waals surface area contributed by atoms with Crippen molar-refractivity contribution >= 4 is 39.4 Å². The first-order valence-electron chi connectivity index (χ1n) is 6.27. The molecule has 2 aromatic rings. The third kappa shape index (κ3) is 2.10. The van der Waals surface area contributed by atoms with Crippen LogP contribution in [0.5, 0.6) is 0 Å². The minimum absolute atomic E-state index is 0.293. The molecule has 0 spiro atoms. The number of nitrogens with zero attached hydrogens (tertiary/aromatic N) is 3. The van der Waals surface area contributed by atoms with Crippen molar-refractivity contribution in [1.82, 2.24) is 14.5 Å². The Labute approximate surface area is 133 Å². The lowest BCUT2D eigenvalue weighted by molar-refractivity contribution is -0.0564. The van der Waals surface area contributed by atoms with Gasteiger partial charge >= 0.3 is 0 Å². The molecule has 9 heteroatoms. The minimum Gasteiger partial charge on any atom is -0.394 e. The van der Waals surface area contributed by atoms with Crippen molar-refractivity contribution < 1.29 is 19.3 Å². The van der Waals surface area contributed by atoms with Gasteiger partial charge in [0, 0.05) is 9.77 Å². The highest BCUT2D eigenvalue weighted by atomic mass is 127. The van der Waals surface area contributed by atoms with E-state index in [4.69, 9.17) is 10.5 Å². The number of hydrogen-bond donors (Lipinski definition) is 3. The molecular weight excluding hydrogens is 394 g/mol. The van der Waals surface area contributed by atoms with Gasteiger partial charge in [-0.2, -0.15) is 0 Å². The standard InChI is InChI=1S/C12H14FIN4O3/c1-12(13)8(20)6(3-19)21-11(12)18-2-5(14)7-9(15)16-4-17-10(7)18/h2,4,6,8,11,19-20H,3H2,1H3,(H2,15,16,17)/t6?,8?,11-,12-/m1/s1. The second-order valence-electron chi connectivity index (χ2n) is 5.15. The number of nitrogen functional groups attached to an aromatic ring is 1. The molecule has 2 unspecified atom stereocenters. The highest BCUT2D eigenvalue weighted by Gasteiger charge is 2.55. The Morgan fingerprint density at radius 2 is 2.29 bits per heavy atom. The van der Waals surface area contributed by atoms with Crippen LogP contribution in [0.1, 0.15) is 13.2 Å². The summed E-state index contributed by atoms with van der Waals surface area (Å²) in [5, 5.41) is 19.7. The van der Waals surface area contributed by atoms with Crippen LogP contribution in [-0.4, -0.2) is 49.2 Å². The number of alkyl halides is 1. The van der Waals surface area contributed by atoms with E-state index in [1.807, 2.05) is 0 Å². The molecule has 0 aliphatic carbocycles. The molecule has 7 nitrogen and oxygen atoms in total. The smallest absolute Gasteiger partial charge is 0.181 e. The molecule has 3 heterocycles. The highest BCUT2D eigenvalue weighted by Crippen LogP contribution is 2.43. The van der Waals surface area contributed by atoms with E-state index in [2.05, 4.69) is 32.6 Å². The summed E-state index contributed by atoms with van der Waals surface area (Å²) < 4.78 is 22.5. The lowest BCUT2D eigenvalue weighted by Crippen LogP contribution is -2.40. The lowest BCUT2D eigenvalue weighted by Gasteiger charge is -2.25. The fourth-order valence-electron chi connectivity index (χ4n) is 2.60. The second-order valence-corrected chi connectivity index (χ2v) is 6.31. The summed E-state index contributed by atoms with van der Waals surface area (Å²) in [4.78, 5) is 8.04. The van der Waals surface area contributed by atoms with Crippen LogP contribution >= 0.6 is 22.6 Å². The maximum Gasteiger partial charge on any atom is 0.181 e. The Hall–Kier alpha value is -1.04. The van der Waals surface area contributed by atoms with Gasteiger partial charge in [0.25, 0.3) is 0 Å². The molecule has 4 N–H and O–H groups in total. The second kappa shape index (κ2) is 5.00. The van der Waals surface area contributed by atoms with Gasteiger partial charge in [-0.05, 0) is 29.5 Å². The van der Waals surface area contributed by atoms with Crippen LogP contribution in [0.25, 0.3) is 11.0 Å². The first-order chi connectivity index (χ1) is 9.87. The van der Waals surface area contributed by atoms with Gasteiger partial charge in [-0.1, -0.05) is 0 Å². The fourth-order valence-corrected chi connectivity index (χ4v) is 3.42. The molecule has 2 aromatic heterocycles. The lowest BCUT2D eigenvalue weighted by atomic mass is 9.98. The van der Waals surface area contributed by atoms with E-state index >= 15 is 0 Å². The van der Waals surface area contributed by atoms with Gasteiger partial charge in [0.2, 0.25) is 0 Å². The number of fused-ring (bicyclic) bond motifs is 1. The Morgan fingerprint density at radius 1 is 1.57 bits per heavy atom. The van der Waals surface area contributed by atoms with E-state index in [0.29, 0.717) is 16.9 Å². The van der Waals surface area contributed by atoms with Gasteiger partial charge < -0.3 is 25.3 Å². The van der Waals surface area contributed by atoms with Crippen molar-refractivity contribution in [2.75, 3.05) is 12.3 Å². The molecule has 0 saturated carbocycles. The third-order valence-electron chi connectivity index (χ3n) is 3.74. The molecule has 1 saturated heterocycles. The highest BCUT2D eigenvalue weighted by molar-refractivity contribution is 14.1. The molecule has 0 radical (unpaired) electrons. The molecule has 1 aliphatic rings. The zero-order chi connectivity index (χ0) is 15.4. The van der Waals surface area contributed by atoms with Gasteiger partial charge in [0.1, 0.15) is 30.0 Å². The number of nitrogens with two attached hydrogens (primary N) is 1. The largest absolute Gasteiger partial charge is 0.394 e. The predicted octanol–water partition coefficient (Wildman–Crippen LogP) is 0.597. The molecule has 1 fully saturated rings. The van der Waals surface area contributed by atoms with E-state index in [-0.39, 0.29) is 0 Å². The Kier molecular flexibility index (Phi) is 3.55. The van der Waals surface area contributed by atoms with Crippen molar-refractivity contribution in [2.24, 2.45) is 0 Å². The Bertz CT molecular complexity index is 692. The summed E-state index contributed by atoms with van der Waals surface area (Å²) in [5.41, 5.74) is 4.18. The molecule has 4 atom stereocenters. The van der Waals surface area contributed by atoms with Gasteiger partial charge in [-0.15, -0.1) is 0 Å². The van der Waals surface area contributed by atoms with Crippen LogP contribution in [0.3, 0.4) is 0 Å². The Balaban J connectivity index is 2.15. The van der Waals surface area contributed by atoms with Gasteiger partial charge in [0.15, 0.2) is 11.9 Å². The number of hydrogen-bond acceptors (Lipinski definition) is 6.